The molecular weight excluding hydrogens is 314 g/mol. The van der Waals surface area contributed by atoms with Gasteiger partial charge in [-0.2, -0.15) is 0 Å². The van der Waals surface area contributed by atoms with Crippen LogP contribution in [-0.4, -0.2) is 5.91 Å². The molecule has 0 saturated carbocycles. The predicted octanol–water partition coefficient (Wildman–Crippen LogP) is 4.49. The van der Waals surface area contributed by atoms with E-state index < -0.39 is 0 Å². The molecule has 0 spiro atoms. The van der Waals surface area contributed by atoms with E-state index in [9.17, 15) is 4.79 Å². The third-order valence-electron chi connectivity index (χ3n) is 3.49. The number of para-hydroxylation sites is 1. The summed E-state index contributed by atoms with van der Waals surface area (Å²) in [5.41, 5.74) is 4.31. The van der Waals surface area contributed by atoms with Gasteiger partial charge in [-0.1, -0.05) is 52.3 Å². The molecular formula is C17H14BrNO. The zero-order valence-corrected chi connectivity index (χ0v) is 12.7. The molecule has 0 fully saturated rings. The molecule has 3 rings (SSSR count). The lowest BCUT2D eigenvalue weighted by molar-refractivity contribution is -0.116. The summed E-state index contributed by atoms with van der Waals surface area (Å²) in [4.78, 5) is 13.8. The fourth-order valence-corrected chi connectivity index (χ4v) is 2.83. The molecule has 3 heteroatoms. The van der Waals surface area contributed by atoms with Crippen molar-refractivity contribution < 1.29 is 4.79 Å². The fraction of sp³-hybridized carbons (Fsp3) is 0.118. The van der Waals surface area contributed by atoms with Crippen LogP contribution < -0.4 is 4.90 Å². The summed E-state index contributed by atoms with van der Waals surface area (Å²) in [6.07, 6.45) is 4.17. The van der Waals surface area contributed by atoms with Gasteiger partial charge in [0.05, 0.1) is 12.2 Å². The monoisotopic (exact) mass is 327 g/mol. The van der Waals surface area contributed by atoms with Crippen molar-refractivity contribution in [3.05, 3.63) is 63.6 Å². The van der Waals surface area contributed by atoms with E-state index in [4.69, 9.17) is 0 Å². The van der Waals surface area contributed by atoms with E-state index in [1.165, 1.54) is 0 Å². The van der Waals surface area contributed by atoms with Gasteiger partial charge in [0.1, 0.15) is 0 Å². The van der Waals surface area contributed by atoms with Crippen LogP contribution >= 0.6 is 15.9 Å². The second-order valence-electron chi connectivity index (χ2n) is 4.84. The van der Waals surface area contributed by atoms with Crippen molar-refractivity contribution in [1.29, 1.82) is 0 Å². The number of carbonyl (C=O) groups is 1. The first-order valence-corrected chi connectivity index (χ1v) is 7.28. The lowest BCUT2D eigenvalue weighted by Gasteiger charge is -2.25. The highest BCUT2D eigenvalue weighted by Gasteiger charge is 2.17. The molecule has 2 aromatic carbocycles. The molecule has 2 nitrogen and oxygen atoms in total. The van der Waals surface area contributed by atoms with Crippen LogP contribution in [0.4, 0.5) is 5.69 Å². The van der Waals surface area contributed by atoms with E-state index in [0.717, 1.165) is 26.9 Å². The quantitative estimate of drug-likeness (QED) is 0.698. The lowest BCUT2D eigenvalue weighted by atomic mass is 10.0. The average Bonchev–Trinajstić information content (AvgIpc) is 2.42. The highest BCUT2D eigenvalue weighted by molar-refractivity contribution is 9.10. The largest absolute Gasteiger partial charge is 0.308 e. The smallest absolute Gasteiger partial charge is 0.224 e. The highest BCUT2D eigenvalue weighted by Crippen LogP contribution is 2.29. The van der Waals surface area contributed by atoms with Crippen molar-refractivity contribution in [3.8, 4) is 0 Å². The minimum absolute atomic E-state index is 0.0571. The topological polar surface area (TPSA) is 20.3 Å². The molecule has 0 aromatic heterocycles. The minimum atomic E-state index is 0.0571. The van der Waals surface area contributed by atoms with E-state index in [-0.39, 0.29) is 5.91 Å². The molecule has 100 valence electrons. The van der Waals surface area contributed by atoms with Gasteiger partial charge in [0.2, 0.25) is 5.91 Å². The van der Waals surface area contributed by atoms with Crippen LogP contribution in [0, 0.1) is 0 Å². The zero-order chi connectivity index (χ0) is 14.1. The third-order valence-corrected chi connectivity index (χ3v) is 3.98. The molecule has 0 saturated heterocycles. The number of benzene rings is 2. The minimum Gasteiger partial charge on any atom is -0.308 e. The Morgan fingerprint density at radius 2 is 1.85 bits per heavy atom. The number of anilines is 1. The number of fused-ring (bicyclic) bond motifs is 2. The van der Waals surface area contributed by atoms with Gasteiger partial charge in [-0.05, 0) is 34.9 Å². The van der Waals surface area contributed by atoms with Crippen LogP contribution in [0.25, 0.3) is 12.2 Å². The van der Waals surface area contributed by atoms with Crippen molar-refractivity contribution >= 4 is 39.7 Å². The summed E-state index contributed by atoms with van der Waals surface area (Å²) in [5, 5.41) is 0. The van der Waals surface area contributed by atoms with Gasteiger partial charge in [-0.15, -0.1) is 0 Å². The summed E-state index contributed by atoms with van der Waals surface area (Å²) in [6.45, 7) is 2.21. The lowest BCUT2D eigenvalue weighted by Crippen LogP contribution is -2.29. The molecule has 1 aliphatic rings. The third kappa shape index (κ3) is 2.41. The Morgan fingerprint density at radius 3 is 2.65 bits per heavy atom. The Bertz CT molecular complexity index is 706. The number of hydrogen-bond donors (Lipinski definition) is 0. The van der Waals surface area contributed by atoms with Gasteiger partial charge in [-0.25, -0.2) is 0 Å². The van der Waals surface area contributed by atoms with E-state index in [1.807, 2.05) is 35.2 Å². The van der Waals surface area contributed by atoms with Gasteiger partial charge in [0.15, 0.2) is 0 Å². The molecule has 0 atom stereocenters. The van der Waals surface area contributed by atoms with Crippen molar-refractivity contribution in [1.82, 2.24) is 0 Å². The Morgan fingerprint density at radius 1 is 1.10 bits per heavy atom. The Hall–Kier alpha value is -1.87. The van der Waals surface area contributed by atoms with E-state index >= 15 is 0 Å². The molecule has 0 unspecified atom stereocenters. The number of carbonyl (C=O) groups excluding carboxylic acids is 1. The van der Waals surface area contributed by atoms with Crippen molar-refractivity contribution in [3.63, 3.8) is 0 Å². The second kappa shape index (κ2) is 5.25. The van der Waals surface area contributed by atoms with Crippen LogP contribution in [0.3, 0.4) is 0 Å². The van der Waals surface area contributed by atoms with E-state index in [2.05, 4.69) is 40.2 Å². The standard InChI is InChI=1S/C17H14BrNO/c1-12(20)19-11-15-8-9-16(18)10-14(15)7-6-13-4-2-3-5-17(13)19/h2-10H,11H2,1H3. The van der Waals surface area contributed by atoms with Gasteiger partial charge >= 0.3 is 0 Å². The number of hydrogen-bond acceptors (Lipinski definition) is 1. The van der Waals surface area contributed by atoms with Crippen molar-refractivity contribution in [2.45, 2.75) is 13.5 Å². The second-order valence-corrected chi connectivity index (χ2v) is 5.76. The summed E-state index contributed by atoms with van der Waals surface area (Å²) in [5.74, 6) is 0.0571. The Kier molecular flexibility index (Phi) is 3.45. The van der Waals surface area contributed by atoms with Crippen LogP contribution in [0.1, 0.15) is 23.6 Å². The van der Waals surface area contributed by atoms with Crippen molar-refractivity contribution in [2.75, 3.05) is 4.90 Å². The van der Waals surface area contributed by atoms with Gasteiger partial charge in [0, 0.05) is 11.4 Å². The number of rotatable bonds is 0. The first-order chi connectivity index (χ1) is 9.65. The first kappa shape index (κ1) is 13.1. The maximum atomic E-state index is 12.0. The Labute approximate surface area is 126 Å². The predicted molar refractivity (Wildman–Crippen MR) is 86.4 cm³/mol. The SMILES string of the molecule is CC(=O)N1Cc2ccc(Br)cc2C=Cc2ccccc21. The van der Waals surface area contributed by atoms with Crippen LogP contribution in [0.5, 0.6) is 0 Å². The molecule has 20 heavy (non-hydrogen) atoms. The average molecular weight is 328 g/mol. The maximum absolute atomic E-state index is 12.0. The van der Waals surface area contributed by atoms with Gasteiger partial charge in [0.25, 0.3) is 0 Å². The normalized spacial score (nSPS) is 13.2. The van der Waals surface area contributed by atoms with E-state index in [0.29, 0.717) is 6.54 Å². The molecule has 0 aliphatic carbocycles. The molecule has 0 bridgehead atoms. The summed E-state index contributed by atoms with van der Waals surface area (Å²) < 4.78 is 1.05. The van der Waals surface area contributed by atoms with Crippen LogP contribution in [0.2, 0.25) is 0 Å². The molecule has 1 amide bonds. The van der Waals surface area contributed by atoms with Gasteiger partial charge in [-0.3, -0.25) is 4.79 Å². The van der Waals surface area contributed by atoms with Crippen LogP contribution in [-0.2, 0) is 11.3 Å². The number of halogens is 1. The zero-order valence-electron chi connectivity index (χ0n) is 11.1. The molecule has 1 aliphatic heterocycles. The maximum Gasteiger partial charge on any atom is 0.224 e. The fourth-order valence-electron chi connectivity index (χ4n) is 2.46. The molecule has 0 N–H and O–H groups in total. The van der Waals surface area contributed by atoms with Crippen molar-refractivity contribution in [2.24, 2.45) is 0 Å². The highest BCUT2D eigenvalue weighted by atomic mass is 79.9. The number of nitrogens with zero attached hydrogens (tertiary/aromatic N) is 1. The summed E-state index contributed by atoms with van der Waals surface area (Å²) >= 11 is 3.50. The molecule has 2 aromatic rings. The number of amides is 1. The molecule has 1 heterocycles. The Balaban J connectivity index is 2.19. The van der Waals surface area contributed by atoms with Crippen LogP contribution in [0.15, 0.2) is 46.9 Å². The first-order valence-electron chi connectivity index (χ1n) is 6.49. The van der Waals surface area contributed by atoms with Gasteiger partial charge < -0.3 is 4.90 Å². The molecule has 0 radical (unpaired) electrons. The summed E-state index contributed by atoms with van der Waals surface area (Å²) in [6, 6.07) is 14.1. The van der Waals surface area contributed by atoms with E-state index in [1.54, 1.807) is 6.92 Å². The summed E-state index contributed by atoms with van der Waals surface area (Å²) in [7, 11) is 0.